The van der Waals surface area contributed by atoms with Gasteiger partial charge in [-0.1, -0.05) is 12.1 Å². The molecule has 0 bridgehead atoms. The van der Waals surface area contributed by atoms with Gasteiger partial charge in [-0.05, 0) is 31.5 Å². The van der Waals surface area contributed by atoms with Crippen LogP contribution >= 0.6 is 11.3 Å². The van der Waals surface area contributed by atoms with Crippen LogP contribution in [0.4, 0.5) is 0 Å². The average Bonchev–Trinajstić information content (AvgIpc) is 2.95. The van der Waals surface area contributed by atoms with E-state index in [1.54, 1.807) is 38.1 Å². The molecular formula is C18H16N2O5S. The van der Waals surface area contributed by atoms with Gasteiger partial charge in [0, 0.05) is 0 Å². The van der Waals surface area contributed by atoms with Gasteiger partial charge in [-0.15, -0.1) is 11.3 Å². The number of methoxy groups -OCH3 is 1. The molecule has 1 N–H and O–H groups in total. The molecule has 1 aromatic carbocycles. The number of para-hydroxylation sites is 1. The second-order valence-electron chi connectivity index (χ2n) is 5.59. The zero-order valence-corrected chi connectivity index (χ0v) is 15.2. The Morgan fingerprint density at radius 3 is 2.69 bits per heavy atom. The zero-order valence-electron chi connectivity index (χ0n) is 14.4. The minimum Gasteiger partial charge on any atom is -0.496 e. The van der Waals surface area contributed by atoms with Crippen LogP contribution in [0.3, 0.4) is 0 Å². The maximum absolute atomic E-state index is 12.4. The predicted octanol–water partition coefficient (Wildman–Crippen LogP) is 2.65. The highest BCUT2D eigenvalue weighted by atomic mass is 32.1. The Balaban J connectivity index is 1.82. The van der Waals surface area contributed by atoms with Crippen molar-refractivity contribution in [2.75, 3.05) is 13.7 Å². The molecule has 2 heterocycles. The van der Waals surface area contributed by atoms with E-state index in [0.717, 1.165) is 11.3 Å². The van der Waals surface area contributed by atoms with Gasteiger partial charge in [-0.25, -0.2) is 9.78 Å². The number of aromatic amines is 1. The van der Waals surface area contributed by atoms with Gasteiger partial charge >= 0.3 is 5.97 Å². The summed E-state index contributed by atoms with van der Waals surface area (Å²) in [6, 6.07) is 6.71. The van der Waals surface area contributed by atoms with Gasteiger partial charge in [0.2, 0.25) is 5.78 Å². The highest BCUT2D eigenvalue weighted by Gasteiger charge is 2.21. The monoisotopic (exact) mass is 372 g/mol. The van der Waals surface area contributed by atoms with E-state index in [-0.39, 0.29) is 16.2 Å². The Labute approximate surface area is 152 Å². The first-order valence-electron chi connectivity index (χ1n) is 7.75. The van der Waals surface area contributed by atoms with Gasteiger partial charge in [0.1, 0.15) is 21.3 Å². The summed E-state index contributed by atoms with van der Waals surface area (Å²) >= 11 is 1.07. The van der Waals surface area contributed by atoms with E-state index in [1.807, 2.05) is 0 Å². The number of thiophene rings is 1. The molecule has 0 aliphatic rings. The van der Waals surface area contributed by atoms with E-state index in [1.165, 1.54) is 7.11 Å². The number of aromatic nitrogens is 2. The number of aryl methyl sites for hydroxylation is 2. The van der Waals surface area contributed by atoms with Crippen LogP contribution in [-0.4, -0.2) is 35.4 Å². The third-order valence-electron chi connectivity index (χ3n) is 3.85. The Morgan fingerprint density at radius 1 is 1.23 bits per heavy atom. The van der Waals surface area contributed by atoms with Crippen LogP contribution in [0.5, 0.6) is 5.75 Å². The molecule has 0 fully saturated rings. The lowest BCUT2D eigenvalue weighted by Gasteiger charge is -2.07. The molecule has 26 heavy (non-hydrogen) atoms. The Bertz CT molecular complexity index is 1070. The summed E-state index contributed by atoms with van der Waals surface area (Å²) in [6.45, 7) is 2.90. The summed E-state index contributed by atoms with van der Waals surface area (Å²) in [5.74, 6) is -0.153. The topological polar surface area (TPSA) is 98.3 Å². The first-order valence-corrected chi connectivity index (χ1v) is 8.57. The van der Waals surface area contributed by atoms with E-state index >= 15 is 0 Å². The van der Waals surface area contributed by atoms with Crippen molar-refractivity contribution >= 4 is 33.3 Å². The second kappa shape index (κ2) is 7.09. The first kappa shape index (κ1) is 17.8. The normalized spacial score (nSPS) is 10.7. The summed E-state index contributed by atoms with van der Waals surface area (Å²) in [7, 11) is 1.46. The van der Waals surface area contributed by atoms with Gasteiger partial charge in [-0.3, -0.25) is 9.59 Å². The fourth-order valence-corrected chi connectivity index (χ4v) is 3.72. The summed E-state index contributed by atoms with van der Waals surface area (Å²) < 4.78 is 10.3. The van der Waals surface area contributed by atoms with Gasteiger partial charge < -0.3 is 14.5 Å². The number of ketones is 1. The van der Waals surface area contributed by atoms with Crippen LogP contribution in [0.1, 0.15) is 31.4 Å². The second-order valence-corrected chi connectivity index (χ2v) is 6.59. The zero-order chi connectivity index (χ0) is 18.8. The number of esters is 1. The van der Waals surface area contributed by atoms with Crippen LogP contribution < -0.4 is 10.3 Å². The number of ether oxygens (including phenoxy) is 2. The van der Waals surface area contributed by atoms with E-state index in [9.17, 15) is 14.4 Å². The lowest BCUT2D eigenvalue weighted by Crippen LogP contribution is -2.15. The minimum absolute atomic E-state index is 0.261. The minimum atomic E-state index is -0.661. The van der Waals surface area contributed by atoms with Gasteiger partial charge in [0.25, 0.3) is 5.56 Å². The number of carbonyl (C=O) groups excluding carboxylic acids is 2. The molecule has 3 aromatic rings. The standard InChI is InChI=1S/C18H16N2O5S/c1-9-14-16(22)19-10(2)20-17(14)26-15(9)18(23)25-8-12(21)11-6-4-5-7-13(11)24-3/h4-7H,8H2,1-3H3,(H,19,20,22). The van der Waals surface area contributed by atoms with Crippen molar-refractivity contribution in [2.24, 2.45) is 0 Å². The van der Waals surface area contributed by atoms with Crippen LogP contribution in [0.25, 0.3) is 10.2 Å². The van der Waals surface area contributed by atoms with Crippen molar-refractivity contribution in [1.82, 2.24) is 9.97 Å². The van der Waals surface area contributed by atoms with Crippen LogP contribution in [0, 0.1) is 13.8 Å². The van der Waals surface area contributed by atoms with E-state index in [0.29, 0.717) is 32.9 Å². The van der Waals surface area contributed by atoms with Crippen molar-refractivity contribution in [3.05, 3.63) is 56.4 Å². The summed E-state index contributed by atoms with van der Waals surface area (Å²) in [4.78, 5) is 44.3. The maximum atomic E-state index is 12.4. The average molecular weight is 372 g/mol. The molecule has 7 nitrogen and oxygen atoms in total. The van der Waals surface area contributed by atoms with Gasteiger partial charge in [0.15, 0.2) is 6.61 Å². The van der Waals surface area contributed by atoms with Crippen LogP contribution in [0.15, 0.2) is 29.1 Å². The van der Waals surface area contributed by atoms with Crippen molar-refractivity contribution < 1.29 is 19.1 Å². The Kier molecular flexibility index (Phi) is 4.85. The van der Waals surface area contributed by atoms with E-state index in [4.69, 9.17) is 9.47 Å². The number of hydrogen-bond acceptors (Lipinski definition) is 7. The number of benzene rings is 1. The summed E-state index contributed by atoms with van der Waals surface area (Å²) in [5.41, 5.74) is 0.531. The largest absolute Gasteiger partial charge is 0.496 e. The number of rotatable bonds is 5. The number of Topliss-reactive ketones (excluding diaryl/α,β-unsaturated/α-hetero) is 1. The SMILES string of the molecule is COc1ccccc1C(=O)COC(=O)c1sc2nc(C)[nH]c(=O)c2c1C. The fraction of sp³-hybridized carbons (Fsp3) is 0.222. The summed E-state index contributed by atoms with van der Waals surface area (Å²) in [5, 5.41) is 0.364. The number of nitrogens with zero attached hydrogens (tertiary/aromatic N) is 1. The number of carbonyl (C=O) groups is 2. The molecule has 0 radical (unpaired) electrons. The Morgan fingerprint density at radius 2 is 1.96 bits per heavy atom. The van der Waals surface area contributed by atoms with Gasteiger partial charge in [-0.2, -0.15) is 0 Å². The van der Waals surface area contributed by atoms with Crippen molar-refractivity contribution in [3.8, 4) is 5.75 Å². The number of H-pyrrole nitrogens is 1. The molecule has 2 aromatic heterocycles. The molecule has 0 saturated heterocycles. The number of hydrogen-bond donors (Lipinski definition) is 1. The molecule has 0 spiro atoms. The molecule has 8 heteroatoms. The molecular weight excluding hydrogens is 356 g/mol. The Hall–Kier alpha value is -3.00. The number of nitrogens with one attached hydrogen (secondary N) is 1. The third kappa shape index (κ3) is 3.23. The highest BCUT2D eigenvalue weighted by molar-refractivity contribution is 7.20. The molecule has 0 atom stereocenters. The van der Waals surface area contributed by atoms with Crippen LogP contribution in [0.2, 0.25) is 0 Å². The quantitative estimate of drug-likeness (QED) is 0.546. The lowest BCUT2D eigenvalue weighted by atomic mass is 10.1. The molecule has 0 aliphatic heterocycles. The predicted molar refractivity (Wildman–Crippen MR) is 97.3 cm³/mol. The highest BCUT2D eigenvalue weighted by Crippen LogP contribution is 2.27. The number of fused-ring (bicyclic) bond motifs is 1. The van der Waals surface area contributed by atoms with E-state index in [2.05, 4.69) is 9.97 Å². The van der Waals surface area contributed by atoms with E-state index < -0.39 is 12.6 Å². The van der Waals surface area contributed by atoms with Crippen LogP contribution in [-0.2, 0) is 4.74 Å². The molecule has 3 rings (SSSR count). The smallest absolute Gasteiger partial charge is 0.349 e. The van der Waals surface area contributed by atoms with Crippen molar-refractivity contribution in [2.45, 2.75) is 13.8 Å². The first-order chi connectivity index (χ1) is 12.4. The molecule has 0 aliphatic carbocycles. The maximum Gasteiger partial charge on any atom is 0.349 e. The molecule has 0 amide bonds. The molecule has 0 unspecified atom stereocenters. The summed E-state index contributed by atoms with van der Waals surface area (Å²) in [6.07, 6.45) is 0. The van der Waals surface area contributed by atoms with Crippen molar-refractivity contribution in [3.63, 3.8) is 0 Å². The van der Waals surface area contributed by atoms with Gasteiger partial charge in [0.05, 0.1) is 18.1 Å². The fourth-order valence-electron chi connectivity index (χ4n) is 2.60. The molecule has 0 saturated carbocycles. The lowest BCUT2D eigenvalue weighted by molar-refractivity contribution is 0.0478. The molecule has 134 valence electrons. The third-order valence-corrected chi connectivity index (χ3v) is 5.01. The van der Waals surface area contributed by atoms with Crippen molar-refractivity contribution in [1.29, 1.82) is 0 Å².